The summed E-state index contributed by atoms with van der Waals surface area (Å²) < 4.78 is 7.49. The molecule has 1 fully saturated rings. The summed E-state index contributed by atoms with van der Waals surface area (Å²) in [6, 6.07) is 5.79. The Morgan fingerprint density at radius 3 is 3.20 bits per heavy atom. The second-order valence-electron chi connectivity index (χ2n) is 5.03. The van der Waals surface area contributed by atoms with Gasteiger partial charge in [-0.2, -0.15) is 0 Å². The maximum Gasteiger partial charge on any atom is 0.272 e. The van der Waals surface area contributed by atoms with Crippen molar-refractivity contribution in [2.24, 2.45) is 0 Å². The molecule has 3 rings (SSSR count). The summed E-state index contributed by atoms with van der Waals surface area (Å²) in [6.07, 6.45) is 4.99. The fourth-order valence-corrected chi connectivity index (χ4v) is 2.61. The minimum absolute atomic E-state index is 0.121. The zero-order valence-corrected chi connectivity index (χ0v) is 11.6. The smallest absolute Gasteiger partial charge is 0.272 e. The molecular formula is C15H19N3O2. The molecule has 0 spiro atoms. The van der Waals surface area contributed by atoms with E-state index in [-0.39, 0.29) is 12.0 Å². The highest BCUT2D eigenvalue weighted by molar-refractivity contribution is 5.99. The van der Waals surface area contributed by atoms with E-state index in [2.05, 4.69) is 10.3 Å². The first-order valence-electron chi connectivity index (χ1n) is 7.15. The molecule has 1 saturated heterocycles. The first-order valence-corrected chi connectivity index (χ1v) is 7.15. The number of fused-ring (bicyclic) bond motifs is 1. The summed E-state index contributed by atoms with van der Waals surface area (Å²) in [5, 5.41) is 2.93. The van der Waals surface area contributed by atoms with Crippen molar-refractivity contribution in [1.29, 1.82) is 0 Å². The summed E-state index contributed by atoms with van der Waals surface area (Å²) in [5.74, 6) is 0.784. The molecule has 1 unspecified atom stereocenters. The molecule has 1 aliphatic heterocycles. The van der Waals surface area contributed by atoms with Gasteiger partial charge < -0.3 is 14.5 Å². The van der Waals surface area contributed by atoms with Crippen LogP contribution in [0.25, 0.3) is 5.52 Å². The number of carbonyl (C=O) groups excluding carboxylic acids is 1. The molecule has 20 heavy (non-hydrogen) atoms. The topological polar surface area (TPSA) is 55.6 Å². The molecule has 5 heteroatoms. The number of carbonyl (C=O) groups is 1. The van der Waals surface area contributed by atoms with Gasteiger partial charge in [-0.15, -0.1) is 0 Å². The zero-order chi connectivity index (χ0) is 13.9. The quantitative estimate of drug-likeness (QED) is 0.924. The Bertz CT molecular complexity index is 615. The highest BCUT2D eigenvalue weighted by Crippen LogP contribution is 2.14. The Hall–Kier alpha value is -1.88. The highest BCUT2D eigenvalue weighted by atomic mass is 16.5. The minimum atomic E-state index is -0.121. The van der Waals surface area contributed by atoms with Crippen LogP contribution in [0.4, 0.5) is 0 Å². The minimum Gasteiger partial charge on any atom is -0.376 e. The van der Waals surface area contributed by atoms with E-state index in [9.17, 15) is 4.79 Å². The van der Waals surface area contributed by atoms with E-state index in [1.807, 2.05) is 35.7 Å². The fourth-order valence-electron chi connectivity index (χ4n) is 2.61. The van der Waals surface area contributed by atoms with E-state index in [1.165, 1.54) is 0 Å². The van der Waals surface area contributed by atoms with Gasteiger partial charge in [0.25, 0.3) is 5.91 Å². The molecule has 2 aromatic heterocycles. The fraction of sp³-hybridized carbons (Fsp3) is 0.467. The second-order valence-corrected chi connectivity index (χ2v) is 5.03. The first-order chi connectivity index (χ1) is 9.79. The molecule has 0 saturated carbocycles. The van der Waals surface area contributed by atoms with Gasteiger partial charge in [-0.25, -0.2) is 4.98 Å². The van der Waals surface area contributed by atoms with Crippen molar-refractivity contribution in [1.82, 2.24) is 14.7 Å². The lowest BCUT2D eigenvalue weighted by molar-refractivity contribution is 0.0855. The highest BCUT2D eigenvalue weighted by Gasteiger charge is 2.20. The van der Waals surface area contributed by atoms with E-state index in [1.54, 1.807) is 0 Å². The number of hydrogen-bond acceptors (Lipinski definition) is 3. The van der Waals surface area contributed by atoms with Crippen molar-refractivity contribution in [2.75, 3.05) is 13.2 Å². The van der Waals surface area contributed by atoms with Crippen LogP contribution in [0.3, 0.4) is 0 Å². The molecular weight excluding hydrogens is 254 g/mol. The van der Waals surface area contributed by atoms with E-state index in [0.717, 1.165) is 37.2 Å². The van der Waals surface area contributed by atoms with Crippen LogP contribution in [-0.4, -0.2) is 34.5 Å². The third kappa shape index (κ3) is 2.41. The molecule has 0 aliphatic carbocycles. The third-order valence-corrected chi connectivity index (χ3v) is 3.67. The Morgan fingerprint density at radius 2 is 2.45 bits per heavy atom. The normalized spacial score (nSPS) is 18.6. The van der Waals surface area contributed by atoms with E-state index >= 15 is 0 Å². The number of rotatable bonds is 4. The molecule has 1 atom stereocenters. The summed E-state index contributed by atoms with van der Waals surface area (Å²) >= 11 is 0. The number of hydrogen-bond donors (Lipinski definition) is 1. The number of pyridine rings is 1. The van der Waals surface area contributed by atoms with Gasteiger partial charge >= 0.3 is 0 Å². The summed E-state index contributed by atoms with van der Waals surface area (Å²) in [5.41, 5.74) is 1.36. The number of nitrogens with one attached hydrogen (secondary N) is 1. The Balaban J connectivity index is 1.80. The van der Waals surface area contributed by atoms with Crippen molar-refractivity contribution < 1.29 is 9.53 Å². The first kappa shape index (κ1) is 13.1. The van der Waals surface area contributed by atoms with Crippen molar-refractivity contribution in [3.63, 3.8) is 0 Å². The summed E-state index contributed by atoms with van der Waals surface area (Å²) in [6.45, 7) is 3.40. The van der Waals surface area contributed by atoms with Gasteiger partial charge in [0.15, 0.2) is 5.69 Å². The lowest BCUT2D eigenvalue weighted by Crippen LogP contribution is -2.32. The maximum absolute atomic E-state index is 12.3. The Morgan fingerprint density at radius 1 is 1.55 bits per heavy atom. The number of aromatic nitrogens is 2. The lowest BCUT2D eigenvalue weighted by atomic mass is 10.2. The molecule has 1 amide bonds. The third-order valence-electron chi connectivity index (χ3n) is 3.67. The number of aryl methyl sites for hydroxylation is 1. The van der Waals surface area contributed by atoms with Crippen LogP contribution in [0.2, 0.25) is 0 Å². The van der Waals surface area contributed by atoms with Crippen LogP contribution in [-0.2, 0) is 11.2 Å². The van der Waals surface area contributed by atoms with Crippen LogP contribution < -0.4 is 5.32 Å². The molecule has 1 aliphatic rings. The molecule has 0 radical (unpaired) electrons. The summed E-state index contributed by atoms with van der Waals surface area (Å²) in [4.78, 5) is 16.8. The second kappa shape index (κ2) is 5.63. The van der Waals surface area contributed by atoms with E-state index < -0.39 is 0 Å². The Kier molecular flexibility index (Phi) is 3.69. The van der Waals surface area contributed by atoms with Gasteiger partial charge in [-0.3, -0.25) is 4.79 Å². The SMILES string of the molecule is CCc1nc(C(=O)NCC2CCCO2)c2ccccn12. The van der Waals surface area contributed by atoms with E-state index in [0.29, 0.717) is 12.2 Å². The van der Waals surface area contributed by atoms with Gasteiger partial charge in [0.1, 0.15) is 5.82 Å². The molecule has 106 valence electrons. The average molecular weight is 273 g/mol. The molecule has 2 aromatic rings. The Labute approximate surface area is 118 Å². The largest absolute Gasteiger partial charge is 0.376 e. The number of amides is 1. The van der Waals surface area contributed by atoms with Crippen LogP contribution in [0.1, 0.15) is 36.1 Å². The van der Waals surface area contributed by atoms with Crippen molar-refractivity contribution in [2.45, 2.75) is 32.3 Å². The number of ether oxygens (including phenoxy) is 1. The van der Waals surface area contributed by atoms with Crippen LogP contribution in [0, 0.1) is 0 Å². The van der Waals surface area contributed by atoms with Gasteiger partial charge in [-0.1, -0.05) is 13.0 Å². The van der Waals surface area contributed by atoms with Gasteiger partial charge in [0, 0.05) is 25.8 Å². The van der Waals surface area contributed by atoms with Crippen LogP contribution >= 0.6 is 0 Å². The number of nitrogens with zero attached hydrogens (tertiary/aromatic N) is 2. The molecule has 5 nitrogen and oxygen atoms in total. The number of imidazole rings is 1. The van der Waals surface area contributed by atoms with Gasteiger partial charge in [0.05, 0.1) is 11.6 Å². The molecule has 0 aromatic carbocycles. The standard InChI is InChI=1S/C15H19N3O2/c1-2-13-17-14(12-7-3-4-8-18(12)13)15(19)16-10-11-6-5-9-20-11/h3-4,7-8,11H,2,5-6,9-10H2,1H3,(H,16,19). The monoisotopic (exact) mass is 273 g/mol. The van der Waals surface area contributed by atoms with Crippen molar-refractivity contribution in [3.8, 4) is 0 Å². The maximum atomic E-state index is 12.3. The van der Waals surface area contributed by atoms with Gasteiger partial charge in [0.2, 0.25) is 0 Å². The average Bonchev–Trinajstić information content (AvgIpc) is 3.12. The zero-order valence-electron chi connectivity index (χ0n) is 11.6. The molecule has 1 N–H and O–H groups in total. The van der Waals surface area contributed by atoms with Crippen LogP contribution in [0.5, 0.6) is 0 Å². The molecule has 0 bridgehead atoms. The lowest BCUT2D eigenvalue weighted by Gasteiger charge is -2.09. The van der Waals surface area contributed by atoms with E-state index in [4.69, 9.17) is 4.74 Å². The summed E-state index contributed by atoms with van der Waals surface area (Å²) in [7, 11) is 0. The predicted molar refractivity (Wildman–Crippen MR) is 75.9 cm³/mol. The van der Waals surface area contributed by atoms with Gasteiger partial charge in [-0.05, 0) is 25.0 Å². The van der Waals surface area contributed by atoms with Crippen LogP contribution in [0.15, 0.2) is 24.4 Å². The van der Waals surface area contributed by atoms with Crippen molar-refractivity contribution >= 4 is 11.4 Å². The van der Waals surface area contributed by atoms with Crippen molar-refractivity contribution in [3.05, 3.63) is 35.9 Å². The molecule has 3 heterocycles. The predicted octanol–water partition coefficient (Wildman–Crippen LogP) is 1.81.